The van der Waals surface area contributed by atoms with Crippen LogP contribution in [0.2, 0.25) is 10.0 Å². The van der Waals surface area contributed by atoms with E-state index in [1.807, 2.05) is 162 Å². The number of benzene rings is 8. The zero-order chi connectivity index (χ0) is 66.9. The van der Waals surface area contributed by atoms with Crippen molar-refractivity contribution in [2.45, 2.75) is 72.9 Å². The van der Waals surface area contributed by atoms with Gasteiger partial charge in [0, 0.05) is 69.9 Å². The van der Waals surface area contributed by atoms with Crippen LogP contribution in [0.15, 0.2) is 199 Å². The number of nitrogens with zero attached hydrogens (tertiary/aromatic N) is 4. The minimum atomic E-state index is -0.128. The Morgan fingerprint density at radius 2 is 0.883 bits per heavy atom. The molecule has 0 amide bonds. The lowest BCUT2D eigenvalue weighted by Gasteiger charge is -2.19. The molecule has 2 heterocycles. The summed E-state index contributed by atoms with van der Waals surface area (Å²) in [6.07, 6.45) is 7.51. The fourth-order valence-electron chi connectivity index (χ4n) is 9.89. The van der Waals surface area contributed by atoms with Gasteiger partial charge in [-0.25, -0.2) is 0 Å². The fourth-order valence-corrected chi connectivity index (χ4v) is 10.7. The van der Waals surface area contributed by atoms with Crippen LogP contribution in [-0.2, 0) is 26.4 Å². The van der Waals surface area contributed by atoms with E-state index in [1.165, 1.54) is 30.1 Å². The number of halogens is 3. The molecule has 0 spiro atoms. The molecule has 478 valence electrons. The van der Waals surface area contributed by atoms with Gasteiger partial charge in [0.15, 0.2) is 12.6 Å². The Labute approximate surface area is 566 Å². The molecule has 17 heteroatoms. The molecule has 2 atom stereocenters. The van der Waals surface area contributed by atoms with E-state index in [0.717, 1.165) is 71.6 Å². The molecule has 0 aliphatic rings. The van der Waals surface area contributed by atoms with Gasteiger partial charge in [-0.15, -0.1) is 0 Å². The number of rotatable bonds is 25. The van der Waals surface area contributed by atoms with Gasteiger partial charge in [0.25, 0.3) is 0 Å². The van der Waals surface area contributed by atoms with Gasteiger partial charge in [-0.05, 0) is 133 Å². The summed E-state index contributed by atoms with van der Waals surface area (Å²) in [5.74, 6) is 2.95. The van der Waals surface area contributed by atoms with Crippen LogP contribution in [0.25, 0.3) is 11.1 Å². The number of carbonyl (C=O) groups is 2. The lowest BCUT2D eigenvalue weighted by Crippen LogP contribution is -2.14. The van der Waals surface area contributed by atoms with E-state index in [9.17, 15) is 19.8 Å². The number of nitriles is 2. The molecular formula is C77H69BrCl2N4O10. The third-order valence-electron chi connectivity index (χ3n) is 15.6. The minimum absolute atomic E-state index is 0.000387. The van der Waals surface area contributed by atoms with Gasteiger partial charge in [-0.3, -0.25) is 19.6 Å². The summed E-state index contributed by atoms with van der Waals surface area (Å²) in [5, 5.41) is 38.2. The van der Waals surface area contributed by atoms with Crippen molar-refractivity contribution in [2.75, 3.05) is 26.4 Å². The van der Waals surface area contributed by atoms with E-state index in [2.05, 4.69) is 44.1 Å². The molecule has 0 radical (unpaired) electrons. The van der Waals surface area contributed by atoms with Crippen LogP contribution in [0, 0.1) is 57.3 Å². The van der Waals surface area contributed by atoms with E-state index in [-0.39, 0.29) is 55.5 Å². The molecule has 0 fully saturated rings. The highest BCUT2D eigenvalue weighted by Gasteiger charge is 2.19. The van der Waals surface area contributed by atoms with Crippen LogP contribution in [-0.4, -0.2) is 59.2 Å². The summed E-state index contributed by atoms with van der Waals surface area (Å²) in [7, 11) is 0. The van der Waals surface area contributed by atoms with Gasteiger partial charge < -0.3 is 38.6 Å². The van der Waals surface area contributed by atoms with E-state index < -0.39 is 0 Å². The lowest BCUT2D eigenvalue weighted by atomic mass is 9.93. The Morgan fingerprint density at radius 1 is 0.457 bits per heavy atom. The number of ether oxygens (including phenoxy) is 6. The van der Waals surface area contributed by atoms with Gasteiger partial charge >= 0.3 is 0 Å². The van der Waals surface area contributed by atoms with Crippen molar-refractivity contribution in [3.05, 3.63) is 293 Å². The molecule has 0 aliphatic carbocycles. The van der Waals surface area contributed by atoms with Crippen molar-refractivity contribution in [1.82, 2.24) is 9.97 Å². The summed E-state index contributed by atoms with van der Waals surface area (Å²) in [6, 6.07) is 57.5. The van der Waals surface area contributed by atoms with E-state index in [1.54, 1.807) is 36.7 Å². The molecule has 0 aliphatic heterocycles. The first kappa shape index (κ1) is 70.0. The summed E-state index contributed by atoms with van der Waals surface area (Å²) in [5.41, 5.74) is 14.6. The number of carbonyl (C=O) groups excluding carboxylic acids is 2. The summed E-state index contributed by atoms with van der Waals surface area (Å²) < 4.78 is 36.9. The van der Waals surface area contributed by atoms with Gasteiger partial charge in [0.2, 0.25) is 0 Å². The van der Waals surface area contributed by atoms with Crippen molar-refractivity contribution >= 4 is 51.7 Å². The maximum atomic E-state index is 11.8. The van der Waals surface area contributed by atoms with Gasteiger partial charge in [0.1, 0.15) is 73.1 Å². The second kappa shape index (κ2) is 35.3. The predicted octanol–water partition coefficient (Wildman–Crippen LogP) is 17.1. The predicted molar refractivity (Wildman–Crippen MR) is 369 cm³/mol. The van der Waals surface area contributed by atoms with Crippen LogP contribution >= 0.6 is 39.1 Å². The average Bonchev–Trinajstić information content (AvgIpc) is 0.860. The van der Waals surface area contributed by atoms with Crippen molar-refractivity contribution in [2.24, 2.45) is 0 Å². The first-order valence-electron chi connectivity index (χ1n) is 30.0. The smallest absolute Gasteiger partial charge is 0.153 e. The zero-order valence-electron chi connectivity index (χ0n) is 52.5. The van der Waals surface area contributed by atoms with E-state index >= 15 is 0 Å². The number of pyridine rings is 2. The highest BCUT2D eigenvalue weighted by Crippen LogP contribution is 2.38. The number of aldehydes is 2. The molecule has 94 heavy (non-hydrogen) atoms. The van der Waals surface area contributed by atoms with Gasteiger partial charge in [-0.1, -0.05) is 154 Å². The van der Waals surface area contributed by atoms with Gasteiger partial charge in [0.05, 0.1) is 58.7 Å². The molecule has 10 rings (SSSR count). The number of aryl methyl sites for hydroxylation is 1. The third kappa shape index (κ3) is 19.1. The second-order valence-corrected chi connectivity index (χ2v) is 23.5. The highest BCUT2D eigenvalue weighted by molar-refractivity contribution is 9.10. The average molecular weight is 1360 g/mol. The van der Waals surface area contributed by atoms with E-state index in [0.29, 0.717) is 88.2 Å². The third-order valence-corrected chi connectivity index (χ3v) is 17.1. The van der Waals surface area contributed by atoms with Crippen LogP contribution in [0.1, 0.15) is 105 Å². The Balaban J connectivity index is 0.000000200. The Morgan fingerprint density at radius 3 is 1.35 bits per heavy atom. The maximum absolute atomic E-state index is 11.8. The van der Waals surface area contributed by atoms with Crippen molar-refractivity contribution in [1.29, 1.82) is 10.5 Å². The number of aliphatic hydroxyl groups is 2. The largest absolute Gasteiger partial charge is 0.493 e. The van der Waals surface area contributed by atoms with Crippen LogP contribution in [0.5, 0.6) is 34.5 Å². The summed E-state index contributed by atoms with van der Waals surface area (Å²) in [4.78, 5) is 31.2. The monoisotopic (exact) mass is 1360 g/mol. The number of hydrogen-bond acceptors (Lipinski definition) is 14. The Bertz CT molecular complexity index is 4300. The zero-order valence-corrected chi connectivity index (χ0v) is 55.6. The number of hydrogen-bond donors (Lipinski definition) is 2. The van der Waals surface area contributed by atoms with Crippen molar-refractivity contribution in [3.63, 3.8) is 0 Å². The summed E-state index contributed by atoms with van der Waals surface area (Å²) >= 11 is 16.3. The quantitative estimate of drug-likeness (QED) is 0.0511. The molecule has 10 aromatic rings. The lowest BCUT2D eigenvalue weighted by molar-refractivity contribution is 0.111. The van der Waals surface area contributed by atoms with Gasteiger partial charge in [-0.2, -0.15) is 10.5 Å². The first-order valence-corrected chi connectivity index (χ1v) is 31.5. The molecule has 2 unspecified atom stereocenters. The molecule has 0 saturated carbocycles. The maximum Gasteiger partial charge on any atom is 0.153 e. The molecule has 14 nitrogen and oxygen atoms in total. The van der Waals surface area contributed by atoms with Crippen LogP contribution in [0.4, 0.5) is 0 Å². The van der Waals surface area contributed by atoms with Crippen molar-refractivity contribution < 1.29 is 48.2 Å². The fraction of sp³-hybridized carbons (Fsp3) is 0.195. The molecular weight excluding hydrogens is 1290 g/mol. The Hall–Kier alpha value is -9.84. The molecule has 0 saturated heterocycles. The Kier molecular flexibility index (Phi) is 26.3. The number of aliphatic hydroxyl groups excluding tert-OH is 2. The highest BCUT2D eigenvalue weighted by atomic mass is 79.9. The van der Waals surface area contributed by atoms with Crippen LogP contribution < -0.4 is 28.4 Å². The summed E-state index contributed by atoms with van der Waals surface area (Å²) in [6.45, 7) is 11.9. The molecule has 0 bridgehead atoms. The standard InChI is InChI=1S/C38H33ClN2O5.C23H19ClN2O3.C16H17BrO2/c1-25-30(23-46-38-16-37(31(20-42)15-35(38)39)44-22-28-14-27(17-40)18-41-19-28)10-6-11-33(25)34-12-7-13-36(26(34)2)45-24-32(21-43)29-8-4-3-5-9-29;1-15-4-3-5-19(16(15)2)14-29-23-8-22(20(12-27)7-21(23)24)28-13-18-6-17(9-25)10-26-11-18;1-12-15(17)8-5-9-16(12)19-11-14(10-18)13-6-3-2-4-7-13/h3-16,18-20,32,43H,21-24H2,1-2H3;3-8,10-12H,13-14H2,1-2H3;2-9,14,18H,10-11H2,1H3. The van der Waals surface area contributed by atoms with Crippen molar-refractivity contribution in [3.8, 4) is 57.8 Å². The minimum Gasteiger partial charge on any atom is -0.493 e. The second-order valence-electron chi connectivity index (χ2n) is 21.9. The van der Waals surface area contributed by atoms with E-state index in [4.69, 9.17) is 62.1 Å². The first-order chi connectivity index (χ1) is 45.6. The van der Waals surface area contributed by atoms with Crippen LogP contribution in [0.3, 0.4) is 0 Å². The number of aromatic nitrogens is 2. The molecule has 2 aromatic heterocycles. The molecule has 2 N–H and O–H groups in total. The molecule has 8 aromatic carbocycles. The SMILES string of the molecule is Cc1c(Br)cccc1OCC(CO)c1ccccc1.Cc1c(COc2cc(OCc3cncc(C#N)c3)c(C=O)cc2Cl)cccc1-c1cccc(OCC(CO)c2ccccc2)c1C.Cc1cccc(COc2cc(OCc3cncc(C#N)c3)c(C=O)cc2Cl)c1C. The normalized spacial score (nSPS) is 11.2. The topological polar surface area (TPSA) is 203 Å².